The predicted molar refractivity (Wildman–Crippen MR) is 101 cm³/mol. The van der Waals surface area contributed by atoms with E-state index in [4.69, 9.17) is 9.47 Å². The lowest BCUT2D eigenvalue weighted by Gasteiger charge is -2.14. The molecule has 2 nitrogen and oxygen atoms in total. The van der Waals surface area contributed by atoms with E-state index < -0.39 is 0 Å². The fourth-order valence-corrected chi connectivity index (χ4v) is 2.62. The molecule has 0 spiro atoms. The highest BCUT2D eigenvalue weighted by molar-refractivity contribution is 14.1. The molecule has 2 aromatic carbocycles. The minimum atomic E-state index is 0.0325. The largest absolute Gasteiger partial charge is 0.356 e. The third-order valence-electron chi connectivity index (χ3n) is 3.50. The SMILES string of the molecule is CCOCOC(C)c1ccc(-c2ccccc2C=CI)cc1. The van der Waals surface area contributed by atoms with Gasteiger partial charge in [0.2, 0.25) is 0 Å². The van der Waals surface area contributed by atoms with Gasteiger partial charge in [-0.05, 0) is 46.3 Å². The number of ether oxygens (including phenoxy) is 2. The van der Waals surface area contributed by atoms with Gasteiger partial charge in [0.25, 0.3) is 0 Å². The Kier molecular flexibility index (Phi) is 7.09. The normalized spacial score (nSPS) is 12.7. The molecule has 0 N–H and O–H groups in total. The van der Waals surface area contributed by atoms with Crippen LogP contribution in [0.3, 0.4) is 0 Å². The number of halogens is 1. The predicted octanol–water partition coefficient (Wildman–Crippen LogP) is 5.83. The molecule has 0 saturated heterocycles. The van der Waals surface area contributed by atoms with Crippen LogP contribution < -0.4 is 0 Å². The third-order valence-corrected chi connectivity index (χ3v) is 3.86. The molecule has 0 bridgehead atoms. The average molecular weight is 408 g/mol. The van der Waals surface area contributed by atoms with E-state index in [0.717, 1.165) is 5.56 Å². The molecule has 3 heteroatoms. The van der Waals surface area contributed by atoms with Crippen LogP contribution in [0.1, 0.15) is 31.1 Å². The van der Waals surface area contributed by atoms with Gasteiger partial charge < -0.3 is 9.47 Å². The van der Waals surface area contributed by atoms with Gasteiger partial charge in [0.05, 0.1) is 6.10 Å². The van der Waals surface area contributed by atoms with Crippen molar-refractivity contribution < 1.29 is 9.47 Å². The quantitative estimate of drug-likeness (QED) is 0.326. The minimum absolute atomic E-state index is 0.0325. The molecule has 0 fully saturated rings. The second-order valence-corrected chi connectivity index (χ2v) is 5.64. The van der Waals surface area contributed by atoms with Crippen molar-refractivity contribution in [2.45, 2.75) is 20.0 Å². The van der Waals surface area contributed by atoms with E-state index in [0.29, 0.717) is 13.4 Å². The first-order valence-electron chi connectivity index (χ1n) is 7.41. The van der Waals surface area contributed by atoms with Gasteiger partial charge in [0.15, 0.2) is 0 Å². The second-order valence-electron chi connectivity index (χ2n) is 4.92. The van der Waals surface area contributed by atoms with Gasteiger partial charge in [-0.25, -0.2) is 0 Å². The summed E-state index contributed by atoms with van der Waals surface area (Å²) in [6, 6.07) is 17.0. The van der Waals surface area contributed by atoms with Crippen molar-refractivity contribution in [1.29, 1.82) is 0 Å². The van der Waals surface area contributed by atoms with Crippen LogP contribution >= 0.6 is 22.6 Å². The van der Waals surface area contributed by atoms with Gasteiger partial charge in [-0.15, -0.1) is 0 Å². The summed E-state index contributed by atoms with van der Waals surface area (Å²) in [4.78, 5) is 0. The van der Waals surface area contributed by atoms with Crippen LogP contribution in [0, 0.1) is 0 Å². The van der Waals surface area contributed by atoms with E-state index in [1.165, 1.54) is 16.7 Å². The Morgan fingerprint density at radius 3 is 2.50 bits per heavy atom. The van der Waals surface area contributed by atoms with Crippen molar-refractivity contribution in [1.82, 2.24) is 0 Å². The van der Waals surface area contributed by atoms with Crippen molar-refractivity contribution in [3.63, 3.8) is 0 Å². The van der Waals surface area contributed by atoms with E-state index in [1.54, 1.807) is 0 Å². The molecule has 2 rings (SSSR count). The lowest BCUT2D eigenvalue weighted by molar-refractivity contribution is -0.0818. The Labute approximate surface area is 146 Å². The monoisotopic (exact) mass is 408 g/mol. The first-order chi connectivity index (χ1) is 10.8. The zero-order valence-corrected chi connectivity index (χ0v) is 15.1. The summed E-state index contributed by atoms with van der Waals surface area (Å²) in [5.74, 6) is 0. The lowest BCUT2D eigenvalue weighted by Crippen LogP contribution is -2.04. The van der Waals surface area contributed by atoms with Crippen molar-refractivity contribution in [2.75, 3.05) is 13.4 Å². The van der Waals surface area contributed by atoms with Crippen LogP contribution in [-0.2, 0) is 9.47 Å². The number of benzene rings is 2. The lowest BCUT2D eigenvalue weighted by atomic mass is 9.98. The number of hydrogen-bond donors (Lipinski definition) is 0. The summed E-state index contributed by atoms with van der Waals surface area (Å²) >= 11 is 2.25. The first-order valence-corrected chi connectivity index (χ1v) is 8.66. The van der Waals surface area contributed by atoms with Gasteiger partial charge in [0, 0.05) is 6.61 Å². The second kappa shape index (κ2) is 9.08. The van der Waals surface area contributed by atoms with E-state index in [1.807, 2.05) is 17.9 Å². The minimum Gasteiger partial charge on any atom is -0.356 e. The smallest absolute Gasteiger partial charge is 0.147 e. The van der Waals surface area contributed by atoms with Gasteiger partial charge in [0.1, 0.15) is 6.79 Å². The molecule has 0 aliphatic rings. The van der Waals surface area contributed by atoms with Crippen LogP contribution in [0.5, 0.6) is 0 Å². The van der Waals surface area contributed by atoms with Crippen molar-refractivity contribution >= 4 is 28.7 Å². The Balaban J connectivity index is 2.15. The average Bonchev–Trinajstić information content (AvgIpc) is 2.56. The highest BCUT2D eigenvalue weighted by atomic mass is 127. The molecule has 0 saturated carbocycles. The molecule has 0 amide bonds. The summed E-state index contributed by atoms with van der Waals surface area (Å²) in [6.45, 7) is 5.01. The van der Waals surface area contributed by atoms with Crippen LogP contribution in [0.15, 0.2) is 52.6 Å². The molecule has 0 aromatic heterocycles. The van der Waals surface area contributed by atoms with Crippen LogP contribution in [0.25, 0.3) is 17.2 Å². The van der Waals surface area contributed by atoms with Gasteiger partial charge >= 0.3 is 0 Å². The van der Waals surface area contributed by atoms with Gasteiger partial charge in [-0.3, -0.25) is 0 Å². The van der Waals surface area contributed by atoms with E-state index in [-0.39, 0.29) is 6.10 Å². The van der Waals surface area contributed by atoms with Gasteiger partial charge in [-0.1, -0.05) is 71.1 Å². The fourth-order valence-electron chi connectivity index (χ4n) is 2.24. The summed E-state index contributed by atoms with van der Waals surface area (Å²) in [5, 5.41) is 0. The number of hydrogen-bond acceptors (Lipinski definition) is 2. The van der Waals surface area contributed by atoms with Crippen LogP contribution in [0.2, 0.25) is 0 Å². The first kappa shape index (κ1) is 17.2. The molecule has 116 valence electrons. The van der Waals surface area contributed by atoms with E-state index in [2.05, 4.69) is 77.2 Å². The molecule has 2 aromatic rings. The van der Waals surface area contributed by atoms with Crippen molar-refractivity contribution in [3.8, 4) is 11.1 Å². The summed E-state index contributed by atoms with van der Waals surface area (Å²) in [7, 11) is 0. The Morgan fingerprint density at radius 2 is 1.82 bits per heavy atom. The maximum Gasteiger partial charge on any atom is 0.147 e. The van der Waals surface area contributed by atoms with E-state index in [9.17, 15) is 0 Å². The topological polar surface area (TPSA) is 18.5 Å². The molecule has 1 atom stereocenters. The Hall–Kier alpha value is -1.17. The molecule has 0 aliphatic heterocycles. The van der Waals surface area contributed by atoms with Crippen LogP contribution in [-0.4, -0.2) is 13.4 Å². The fraction of sp³-hybridized carbons (Fsp3) is 0.263. The molecule has 0 aliphatic carbocycles. The standard InChI is InChI=1S/C19H21IO2/c1-3-21-14-22-15(2)16-8-10-18(11-9-16)19-7-5-4-6-17(19)12-13-20/h4-13,15H,3,14H2,1-2H3. The molecular formula is C19H21IO2. The highest BCUT2D eigenvalue weighted by Crippen LogP contribution is 2.27. The zero-order chi connectivity index (χ0) is 15.8. The third kappa shape index (κ3) is 4.66. The van der Waals surface area contributed by atoms with Crippen molar-refractivity contribution in [3.05, 3.63) is 63.7 Å². The summed E-state index contributed by atoms with van der Waals surface area (Å²) < 4.78 is 12.9. The van der Waals surface area contributed by atoms with E-state index >= 15 is 0 Å². The maximum absolute atomic E-state index is 5.64. The molecule has 22 heavy (non-hydrogen) atoms. The van der Waals surface area contributed by atoms with Gasteiger partial charge in [-0.2, -0.15) is 0 Å². The highest BCUT2D eigenvalue weighted by Gasteiger charge is 2.07. The molecule has 0 heterocycles. The Morgan fingerprint density at radius 1 is 1.09 bits per heavy atom. The molecular weight excluding hydrogens is 387 g/mol. The summed E-state index contributed by atoms with van der Waals surface area (Å²) in [6.07, 6.45) is 2.16. The molecule has 0 radical (unpaired) electrons. The van der Waals surface area contributed by atoms with Crippen LogP contribution in [0.4, 0.5) is 0 Å². The zero-order valence-electron chi connectivity index (χ0n) is 13.0. The summed E-state index contributed by atoms with van der Waals surface area (Å²) in [5.41, 5.74) is 4.84. The number of rotatable bonds is 7. The molecule has 1 unspecified atom stereocenters. The Bertz CT molecular complexity index is 605. The maximum atomic E-state index is 5.64. The van der Waals surface area contributed by atoms with Crippen molar-refractivity contribution in [2.24, 2.45) is 0 Å².